The van der Waals surface area contributed by atoms with Crippen LogP contribution in [0.3, 0.4) is 0 Å². The first-order chi connectivity index (χ1) is 16.0. The molecule has 0 spiro atoms. The largest absolute Gasteiger partial charge is 0.504 e. The molecule has 2 aromatic heterocycles. The van der Waals surface area contributed by atoms with Gasteiger partial charge in [0.15, 0.2) is 17.3 Å². The number of phenolic OH excluding ortho intramolecular Hbond substituents is 1. The van der Waals surface area contributed by atoms with Crippen LogP contribution in [0.4, 0.5) is 0 Å². The summed E-state index contributed by atoms with van der Waals surface area (Å²) >= 11 is 0. The molecule has 3 heterocycles. The minimum Gasteiger partial charge on any atom is -0.504 e. The third kappa shape index (κ3) is 5.19. The van der Waals surface area contributed by atoms with Crippen LogP contribution in [0, 0.1) is 5.92 Å². The molecule has 9 nitrogen and oxygen atoms in total. The molecule has 9 heteroatoms. The molecule has 2 N–H and O–H groups in total. The van der Waals surface area contributed by atoms with Crippen LogP contribution < -0.4 is 10.1 Å². The SMILES string of the molecule is CCOc1cc(CN2CCc3nnc(C(NC(=O)c4ccoc4)C(C)C)n3CC2)ccc1O. The van der Waals surface area contributed by atoms with Gasteiger partial charge in [0.1, 0.15) is 12.1 Å². The Balaban J connectivity index is 1.47. The number of phenols is 1. The van der Waals surface area contributed by atoms with Crippen molar-refractivity contribution in [2.24, 2.45) is 5.92 Å². The third-order valence-corrected chi connectivity index (χ3v) is 5.89. The van der Waals surface area contributed by atoms with E-state index in [1.54, 1.807) is 12.1 Å². The maximum absolute atomic E-state index is 12.6. The summed E-state index contributed by atoms with van der Waals surface area (Å²) in [5.74, 6) is 2.33. The molecule has 1 aromatic carbocycles. The van der Waals surface area contributed by atoms with Gasteiger partial charge in [0, 0.05) is 32.6 Å². The maximum Gasteiger partial charge on any atom is 0.255 e. The first kappa shape index (κ1) is 22.8. The number of amides is 1. The molecule has 1 amide bonds. The van der Waals surface area contributed by atoms with Crippen LogP contribution in [0.25, 0.3) is 0 Å². The van der Waals surface area contributed by atoms with Crippen molar-refractivity contribution in [2.75, 3.05) is 19.7 Å². The molecule has 1 unspecified atom stereocenters. The van der Waals surface area contributed by atoms with Crippen LogP contribution in [-0.4, -0.2) is 50.4 Å². The van der Waals surface area contributed by atoms with Crippen LogP contribution in [0.1, 0.15) is 54.4 Å². The van der Waals surface area contributed by atoms with Crippen molar-refractivity contribution < 1.29 is 19.1 Å². The number of furan rings is 1. The minimum atomic E-state index is -0.258. The number of carbonyl (C=O) groups excluding carboxylic acids is 1. The molecule has 1 atom stereocenters. The van der Waals surface area contributed by atoms with Crippen LogP contribution in [0.15, 0.2) is 41.2 Å². The molecular weight excluding hydrogens is 422 g/mol. The summed E-state index contributed by atoms with van der Waals surface area (Å²) < 4.78 is 12.7. The molecule has 1 aliphatic heterocycles. The van der Waals surface area contributed by atoms with E-state index in [-0.39, 0.29) is 23.6 Å². The van der Waals surface area contributed by atoms with Crippen LogP contribution in [-0.2, 0) is 19.5 Å². The Morgan fingerprint density at radius 3 is 2.82 bits per heavy atom. The first-order valence-electron chi connectivity index (χ1n) is 11.4. The lowest BCUT2D eigenvalue weighted by Gasteiger charge is -2.23. The summed E-state index contributed by atoms with van der Waals surface area (Å²) in [7, 11) is 0. The average Bonchev–Trinajstić information content (AvgIpc) is 3.42. The van der Waals surface area contributed by atoms with Crippen LogP contribution in [0.2, 0.25) is 0 Å². The lowest BCUT2D eigenvalue weighted by atomic mass is 10.0. The Bertz CT molecular complexity index is 1080. The molecular formula is C24H31N5O4. The Morgan fingerprint density at radius 2 is 2.09 bits per heavy atom. The number of nitrogens with zero attached hydrogens (tertiary/aromatic N) is 4. The van der Waals surface area contributed by atoms with Crippen molar-refractivity contribution in [3.63, 3.8) is 0 Å². The highest BCUT2D eigenvalue weighted by Gasteiger charge is 2.28. The predicted molar refractivity (Wildman–Crippen MR) is 122 cm³/mol. The van der Waals surface area contributed by atoms with E-state index in [1.807, 2.05) is 19.1 Å². The van der Waals surface area contributed by atoms with Gasteiger partial charge in [-0.2, -0.15) is 0 Å². The Labute approximate surface area is 193 Å². The fraction of sp³-hybridized carbons (Fsp3) is 0.458. The van der Waals surface area contributed by atoms with E-state index >= 15 is 0 Å². The number of hydrogen-bond acceptors (Lipinski definition) is 7. The van der Waals surface area contributed by atoms with Crippen molar-refractivity contribution in [2.45, 2.75) is 46.3 Å². The minimum absolute atomic E-state index is 0.141. The molecule has 0 bridgehead atoms. The highest BCUT2D eigenvalue weighted by atomic mass is 16.5. The van der Waals surface area contributed by atoms with Gasteiger partial charge in [0.25, 0.3) is 5.91 Å². The summed E-state index contributed by atoms with van der Waals surface area (Å²) in [5, 5.41) is 22.0. The summed E-state index contributed by atoms with van der Waals surface area (Å²) in [4.78, 5) is 15.0. The number of ether oxygens (including phenoxy) is 1. The van der Waals surface area contributed by atoms with Gasteiger partial charge in [-0.05, 0) is 36.6 Å². The van der Waals surface area contributed by atoms with E-state index in [4.69, 9.17) is 9.15 Å². The summed E-state index contributed by atoms with van der Waals surface area (Å²) in [6, 6.07) is 6.89. The van der Waals surface area contributed by atoms with Crippen molar-refractivity contribution in [3.8, 4) is 11.5 Å². The molecule has 0 fully saturated rings. The first-order valence-corrected chi connectivity index (χ1v) is 11.4. The van der Waals surface area contributed by atoms with Crippen molar-refractivity contribution in [1.82, 2.24) is 25.0 Å². The zero-order valence-corrected chi connectivity index (χ0v) is 19.3. The number of carbonyl (C=O) groups is 1. The number of nitrogens with one attached hydrogen (secondary N) is 1. The number of rotatable bonds is 8. The number of fused-ring (bicyclic) bond motifs is 1. The molecule has 0 saturated carbocycles. The number of hydrogen-bond donors (Lipinski definition) is 2. The molecule has 4 rings (SSSR count). The standard InChI is InChI=1S/C24H31N5O4/c1-4-33-20-13-17(5-6-19(20)30)14-28-9-7-21-26-27-23(29(21)11-10-28)22(16(2)3)25-24(31)18-8-12-32-15-18/h5-6,8,12-13,15-16,22,30H,4,7,9-11,14H2,1-3H3,(H,25,31). The van der Waals surface area contributed by atoms with Gasteiger partial charge in [-0.15, -0.1) is 10.2 Å². The molecule has 33 heavy (non-hydrogen) atoms. The van der Waals surface area contributed by atoms with E-state index < -0.39 is 0 Å². The molecule has 0 radical (unpaired) electrons. The Morgan fingerprint density at radius 1 is 1.24 bits per heavy atom. The third-order valence-electron chi connectivity index (χ3n) is 5.89. The topological polar surface area (TPSA) is 106 Å². The molecule has 0 aliphatic carbocycles. The maximum atomic E-state index is 12.6. The smallest absolute Gasteiger partial charge is 0.255 e. The number of benzene rings is 1. The van der Waals surface area contributed by atoms with Crippen LogP contribution >= 0.6 is 0 Å². The normalized spacial score (nSPS) is 15.2. The van der Waals surface area contributed by atoms with E-state index in [9.17, 15) is 9.90 Å². The lowest BCUT2D eigenvalue weighted by molar-refractivity contribution is 0.0921. The number of aromatic nitrogens is 3. The Kier molecular flexibility index (Phi) is 6.98. The van der Waals surface area contributed by atoms with Crippen molar-refractivity contribution in [1.29, 1.82) is 0 Å². The van der Waals surface area contributed by atoms with E-state index in [2.05, 4.69) is 38.8 Å². The summed E-state index contributed by atoms with van der Waals surface area (Å²) in [6.45, 7) is 9.68. The lowest BCUT2D eigenvalue weighted by Crippen LogP contribution is -2.34. The van der Waals surface area contributed by atoms with Gasteiger partial charge in [-0.1, -0.05) is 19.9 Å². The predicted octanol–water partition coefficient (Wildman–Crippen LogP) is 3.16. The molecule has 1 aliphatic rings. The second kappa shape index (κ2) is 10.1. The summed E-state index contributed by atoms with van der Waals surface area (Å²) in [6.07, 6.45) is 3.70. The summed E-state index contributed by atoms with van der Waals surface area (Å²) in [5.41, 5.74) is 1.57. The van der Waals surface area contributed by atoms with Gasteiger partial charge in [-0.25, -0.2) is 0 Å². The van der Waals surface area contributed by atoms with Gasteiger partial charge in [0.05, 0.1) is 24.5 Å². The van der Waals surface area contributed by atoms with E-state index in [0.29, 0.717) is 17.9 Å². The van der Waals surface area contributed by atoms with Crippen molar-refractivity contribution >= 4 is 5.91 Å². The quantitative estimate of drug-likeness (QED) is 0.540. The zero-order chi connectivity index (χ0) is 23.4. The monoisotopic (exact) mass is 453 g/mol. The van der Waals surface area contributed by atoms with Crippen LogP contribution in [0.5, 0.6) is 11.5 Å². The second-order valence-corrected chi connectivity index (χ2v) is 8.59. The molecule has 3 aromatic rings. The van der Waals surface area contributed by atoms with Gasteiger partial charge in [-0.3, -0.25) is 9.69 Å². The van der Waals surface area contributed by atoms with Gasteiger partial charge < -0.3 is 24.1 Å². The fourth-order valence-electron chi connectivity index (χ4n) is 4.11. The zero-order valence-electron chi connectivity index (χ0n) is 19.3. The van der Waals surface area contributed by atoms with Crippen molar-refractivity contribution in [3.05, 3.63) is 59.6 Å². The van der Waals surface area contributed by atoms with E-state index in [1.165, 1.54) is 12.5 Å². The van der Waals surface area contributed by atoms with E-state index in [0.717, 1.165) is 49.8 Å². The highest BCUT2D eigenvalue weighted by Crippen LogP contribution is 2.28. The highest BCUT2D eigenvalue weighted by molar-refractivity contribution is 5.94. The van der Waals surface area contributed by atoms with Gasteiger partial charge >= 0.3 is 0 Å². The fourth-order valence-corrected chi connectivity index (χ4v) is 4.11. The molecule has 0 saturated heterocycles. The second-order valence-electron chi connectivity index (χ2n) is 8.59. The Hall–Kier alpha value is -3.33. The van der Waals surface area contributed by atoms with Gasteiger partial charge in [0.2, 0.25) is 0 Å². The average molecular weight is 454 g/mol. The molecule has 176 valence electrons. The number of aromatic hydroxyl groups is 1.